The fraction of sp³-hybridized carbons (Fsp3) is 0.619. The zero-order valence-electron chi connectivity index (χ0n) is 18.6. The van der Waals surface area contributed by atoms with Gasteiger partial charge in [0, 0.05) is 6.54 Å². The third-order valence-corrected chi connectivity index (χ3v) is 3.87. The largest absolute Gasteiger partial charge is 0.491 e. The number of unbranched alkanes of at least 4 members (excludes halogenated alkanes) is 5. The molecule has 1 aromatic rings. The molecule has 0 unspecified atom stereocenters. The molecule has 0 aliphatic heterocycles. The second-order valence-corrected chi connectivity index (χ2v) is 8.12. The minimum absolute atomic E-state index is 0.305. The average Bonchev–Trinajstić information content (AvgIpc) is 2.59. The first-order valence-electron chi connectivity index (χ1n) is 9.93. The molecule has 30 heavy (non-hydrogen) atoms. The lowest BCUT2D eigenvalue weighted by molar-refractivity contribution is -2.00. The van der Waals surface area contributed by atoms with Crippen molar-refractivity contribution in [2.45, 2.75) is 45.4 Å². The minimum Gasteiger partial charge on any atom is -0.491 e. The van der Waals surface area contributed by atoms with Crippen LogP contribution in [0.3, 0.4) is 0 Å². The van der Waals surface area contributed by atoms with Gasteiger partial charge in [0.1, 0.15) is 14.1 Å². The van der Waals surface area contributed by atoms with Crippen LogP contribution < -0.4 is 23.4 Å². The molecule has 172 valence electrons. The maximum absolute atomic E-state index is 14.4. The number of nitrogens with zero attached hydrogens (tertiary/aromatic N) is 2. The molecule has 1 aromatic carbocycles. The summed E-state index contributed by atoms with van der Waals surface area (Å²) in [5.74, 6) is 3.29. The molecule has 0 aliphatic carbocycles. The number of hydrogen-bond donors (Lipinski definition) is 0. The van der Waals surface area contributed by atoms with E-state index in [2.05, 4.69) is 12.8 Å². The standard InChI is InChI=1S/C21H34FN2O.ClHO4/c1-6-7-8-9-10-11-14-25-21-13-12-18(15-20(21)22)19(16-23(2)3)17-24(4)5;2-1(3,4)5/h12-13,15H,6-11,14,16H2,1-5H3;(H,2,3,4,5)/q+1;/p-1. The lowest BCUT2D eigenvalue weighted by Crippen LogP contribution is -2.68. The Morgan fingerprint density at radius 1 is 1.07 bits per heavy atom. The van der Waals surface area contributed by atoms with E-state index in [9.17, 15) is 4.39 Å². The van der Waals surface area contributed by atoms with E-state index >= 15 is 0 Å². The van der Waals surface area contributed by atoms with Crippen molar-refractivity contribution in [1.82, 2.24) is 4.90 Å². The van der Waals surface area contributed by atoms with Crippen LogP contribution in [0, 0.1) is 16.1 Å². The van der Waals surface area contributed by atoms with Gasteiger partial charge < -0.3 is 9.64 Å². The second kappa shape index (κ2) is 15.3. The Labute approximate surface area is 181 Å². The molecule has 9 heteroatoms. The molecule has 0 aliphatic rings. The van der Waals surface area contributed by atoms with Gasteiger partial charge in [0.15, 0.2) is 17.4 Å². The monoisotopic (exact) mass is 448 g/mol. The number of hydrogen-bond acceptors (Lipinski definition) is 6. The smallest absolute Gasteiger partial charge is 0.172 e. The Balaban J connectivity index is 0.00000150. The van der Waals surface area contributed by atoms with Gasteiger partial charge in [-0.2, -0.15) is 4.58 Å². The molecule has 1 rings (SSSR count). The minimum atomic E-state index is -4.94. The maximum Gasteiger partial charge on any atom is 0.172 e. The van der Waals surface area contributed by atoms with Gasteiger partial charge in [0.05, 0.1) is 12.2 Å². The molecule has 0 bridgehead atoms. The third-order valence-electron chi connectivity index (χ3n) is 3.87. The zero-order valence-corrected chi connectivity index (χ0v) is 19.3. The van der Waals surface area contributed by atoms with Crippen LogP contribution in [0.25, 0.3) is 5.57 Å². The predicted molar refractivity (Wildman–Crippen MR) is 104 cm³/mol. The van der Waals surface area contributed by atoms with E-state index < -0.39 is 10.2 Å². The molecule has 0 N–H and O–H groups in total. The van der Waals surface area contributed by atoms with Crippen LogP contribution in [0.2, 0.25) is 0 Å². The third kappa shape index (κ3) is 16.3. The molecule has 0 spiro atoms. The highest BCUT2D eigenvalue weighted by atomic mass is 35.7. The molecule has 0 saturated carbocycles. The van der Waals surface area contributed by atoms with Crippen LogP contribution in [-0.4, -0.2) is 56.7 Å². The second-order valence-electron chi connectivity index (χ2n) is 7.36. The number of halogens is 2. The van der Waals surface area contributed by atoms with Crippen LogP contribution in [0.15, 0.2) is 18.2 Å². The van der Waals surface area contributed by atoms with Crippen molar-refractivity contribution in [2.75, 3.05) is 41.3 Å². The SMILES string of the molecule is CCCCCCCCOc1ccc(C(=C=[N+](C)C)CN(C)C)cc1F.[O-][Cl+3]([O-])([O-])[O-]. The van der Waals surface area contributed by atoms with Crippen LogP contribution in [0.1, 0.15) is 51.0 Å². The van der Waals surface area contributed by atoms with Gasteiger partial charge in [-0.25, -0.2) is 23.0 Å². The summed E-state index contributed by atoms with van der Waals surface area (Å²) in [4.78, 5) is 2.05. The first-order valence-corrected chi connectivity index (χ1v) is 11.2. The van der Waals surface area contributed by atoms with Crippen molar-refractivity contribution in [3.05, 3.63) is 29.6 Å². The first-order chi connectivity index (χ1) is 13.9. The predicted octanol–water partition coefficient (Wildman–Crippen LogP) is -0.304. The molecule has 0 radical (unpaired) electrons. The van der Waals surface area contributed by atoms with E-state index in [1.165, 1.54) is 25.7 Å². The summed E-state index contributed by atoms with van der Waals surface area (Å²) in [5.41, 5.74) is 1.79. The van der Waals surface area contributed by atoms with Gasteiger partial charge in [0.25, 0.3) is 0 Å². The molecule has 0 saturated heterocycles. The van der Waals surface area contributed by atoms with Gasteiger partial charge >= 0.3 is 0 Å². The normalized spacial score (nSPS) is 10.9. The van der Waals surface area contributed by atoms with Gasteiger partial charge in [-0.15, -0.1) is 10.2 Å². The quantitative estimate of drug-likeness (QED) is 0.261. The topological polar surface area (TPSA) is 108 Å². The Kier molecular flexibility index (Phi) is 14.5. The highest BCUT2D eigenvalue weighted by molar-refractivity contribution is 5.88. The van der Waals surface area contributed by atoms with E-state index in [1.807, 2.05) is 43.7 Å². The van der Waals surface area contributed by atoms with E-state index in [0.29, 0.717) is 18.9 Å². The summed E-state index contributed by atoms with van der Waals surface area (Å²) in [6.07, 6.45) is 7.19. The van der Waals surface area contributed by atoms with Crippen LogP contribution in [0.4, 0.5) is 4.39 Å². The number of benzene rings is 1. The lowest BCUT2D eigenvalue weighted by Gasteiger charge is -2.17. The Hall–Kier alpha value is -1.51. The van der Waals surface area contributed by atoms with E-state index in [4.69, 9.17) is 23.4 Å². The zero-order chi connectivity index (χ0) is 23.2. The number of rotatable bonds is 11. The molecule has 0 amide bonds. The summed E-state index contributed by atoms with van der Waals surface area (Å²) in [5, 5.41) is 0. The summed E-state index contributed by atoms with van der Waals surface area (Å²) < 4.78 is 55.8. The highest BCUT2D eigenvalue weighted by Gasteiger charge is 2.11. The molecule has 0 fully saturated rings. The average molecular weight is 449 g/mol. The number of likely N-dealkylation sites (N-methyl/N-ethyl adjacent to an activating group) is 1. The van der Waals surface area contributed by atoms with Gasteiger partial charge in [-0.3, -0.25) is 0 Å². The van der Waals surface area contributed by atoms with Gasteiger partial charge in [0.2, 0.25) is 0 Å². The fourth-order valence-electron chi connectivity index (χ4n) is 2.65. The molecule has 0 aromatic heterocycles. The van der Waals surface area contributed by atoms with Gasteiger partial charge in [-0.05, 0) is 44.3 Å². The number of ether oxygens (including phenoxy) is 1. The summed E-state index contributed by atoms with van der Waals surface area (Å²) in [6.45, 7) is 3.49. The van der Waals surface area contributed by atoms with Crippen molar-refractivity contribution in [3.8, 4) is 5.75 Å². The van der Waals surface area contributed by atoms with Crippen molar-refractivity contribution in [1.29, 1.82) is 0 Å². The van der Waals surface area contributed by atoms with E-state index in [-0.39, 0.29) is 5.82 Å². The highest BCUT2D eigenvalue weighted by Crippen LogP contribution is 2.22. The maximum atomic E-state index is 14.4. The van der Waals surface area contributed by atoms with Crippen LogP contribution in [0.5, 0.6) is 5.75 Å². The van der Waals surface area contributed by atoms with Crippen molar-refractivity contribution < 1.29 is 42.6 Å². The molecule has 7 nitrogen and oxygen atoms in total. The fourth-order valence-corrected chi connectivity index (χ4v) is 2.65. The Morgan fingerprint density at radius 2 is 1.63 bits per heavy atom. The van der Waals surface area contributed by atoms with Gasteiger partial charge in [-0.1, -0.05) is 39.0 Å². The molecular weight excluding hydrogens is 415 g/mol. The molecular formula is C21H34ClFN2O5. The summed E-state index contributed by atoms with van der Waals surface area (Å²) in [6, 6.07) is 5.19. The van der Waals surface area contributed by atoms with Crippen LogP contribution >= 0.6 is 0 Å². The van der Waals surface area contributed by atoms with E-state index in [1.54, 1.807) is 12.1 Å². The summed E-state index contributed by atoms with van der Waals surface area (Å²) >= 11 is 0. The van der Waals surface area contributed by atoms with Crippen molar-refractivity contribution in [2.24, 2.45) is 0 Å². The lowest BCUT2D eigenvalue weighted by atomic mass is 10.1. The molecule has 0 heterocycles. The van der Waals surface area contributed by atoms with Crippen molar-refractivity contribution >= 4 is 11.4 Å². The van der Waals surface area contributed by atoms with E-state index in [0.717, 1.165) is 24.0 Å². The van der Waals surface area contributed by atoms with Crippen molar-refractivity contribution in [3.63, 3.8) is 0 Å². The molecule has 0 atom stereocenters. The Morgan fingerprint density at radius 3 is 2.13 bits per heavy atom. The van der Waals surface area contributed by atoms with Crippen LogP contribution in [-0.2, 0) is 0 Å². The summed E-state index contributed by atoms with van der Waals surface area (Å²) in [7, 11) is 2.88. The first kappa shape index (κ1) is 28.5. The Bertz CT molecular complexity index is 676.